The number of halogens is 1. The van der Waals surface area contributed by atoms with E-state index in [1.165, 1.54) is 29.2 Å². The predicted molar refractivity (Wildman–Crippen MR) is 103 cm³/mol. The third-order valence-corrected chi connectivity index (χ3v) is 4.63. The fraction of sp³-hybridized carbons (Fsp3) is 0.286. The number of urea groups is 1. The number of aryl methyl sites for hydroxylation is 1. The molecule has 1 fully saturated rings. The highest BCUT2D eigenvalue weighted by atomic mass is 19.1. The van der Waals surface area contributed by atoms with E-state index in [0.29, 0.717) is 6.54 Å². The summed E-state index contributed by atoms with van der Waals surface area (Å²) in [4.78, 5) is 40.5. The number of nitrogens with one attached hydrogen (secondary N) is 1. The Kier molecular flexibility index (Phi) is 5.73. The fourth-order valence-corrected chi connectivity index (χ4v) is 3.18. The molecule has 7 heteroatoms. The first-order valence-electron chi connectivity index (χ1n) is 9.13. The minimum absolute atomic E-state index is 0.123. The summed E-state index contributed by atoms with van der Waals surface area (Å²) < 4.78 is 13.2. The van der Waals surface area contributed by atoms with Crippen molar-refractivity contribution in [3.63, 3.8) is 0 Å². The van der Waals surface area contributed by atoms with E-state index in [1.54, 1.807) is 6.92 Å². The second-order valence-electron chi connectivity index (χ2n) is 6.72. The van der Waals surface area contributed by atoms with Gasteiger partial charge in [-0.2, -0.15) is 0 Å². The topological polar surface area (TPSA) is 69.7 Å². The maximum Gasteiger partial charge on any atom is 0.332 e. The fourth-order valence-electron chi connectivity index (χ4n) is 3.18. The molecule has 1 aliphatic heterocycles. The van der Waals surface area contributed by atoms with Crippen LogP contribution in [0.2, 0.25) is 0 Å². The number of imide groups is 1. The van der Waals surface area contributed by atoms with Crippen LogP contribution < -0.4 is 10.2 Å². The van der Waals surface area contributed by atoms with Gasteiger partial charge in [-0.15, -0.1) is 0 Å². The molecule has 4 amide bonds. The number of anilines is 1. The first-order valence-corrected chi connectivity index (χ1v) is 9.13. The monoisotopic (exact) mass is 383 g/mol. The van der Waals surface area contributed by atoms with Gasteiger partial charge in [0.15, 0.2) is 0 Å². The van der Waals surface area contributed by atoms with Gasteiger partial charge in [-0.25, -0.2) is 14.1 Å². The van der Waals surface area contributed by atoms with E-state index in [0.717, 1.165) is 16.0 Å². The summed E-state index contributed by atoms with van der Waals surface area (Å²) in [5.74, 6) is -1.25. The van der Waals surface area contributed by atoms with Crippen molar-refractivity contribution in [1.82, 2.24) is 10.2 Å². The molecule has 1 N–H and O–H groups in total. The number of benzene rings is 2. The van der Waals surface area contributed by atoms with Crippen LogP contribution in [0.25, 0.3) is 0 Å². The smallest absolute Gasteiger partial charge is 0.332 e. The summed E-state index contributed by atoms with van der Waals surface area (Å²) in [6.07, 6.45) is -0.123. The first kappa shape index (κ1) is 19.5. The van der Waals surface area contributed by atoms with E-state index in [2.05, 4.69) is 5.32 Å². The highest BCUT2D eigenvalue weighted by molar-refractivity contribution is 6.22. The molecule has 0 bridgehead atoms. The van der Waals surface area contributed by atoms with E-state index in [4.69, 9.17) is 0 Å². The minimum atomic E-state index is -0.912. The summed E-state index contributed by atoms with van der Waals surface area (Å²) in [7, 11) is 0. The van der Waals surface area contributed by atoms with E-state index >= 15 is 0 Å². The van der Waals surface area contributed by atoms with Crippen molar-refractivity contribution in [3.05, 3.63) is 65.5 Å². The van der Waals surface area contributed by atoms with Crippen LogP contribution in [0.4, 0.5) is 14.9 Å². The van der Waals surface area contributed by atoms with E-state index < -0.39 is 23.8 Å². The van der Waals surface area contributed by atoms with Crippen molar-refractivity contribution in [2.45, 2.75) is 32.9 Å². The molecule has 0 spiro atoms. The highest BCUT2D eigenvalue weighted by Crippen LogP contribution is 2.28. The van der Waals surface area contributed by atoms with Crippen molar-refractivity contribution in [1.29, 1.82) is 0 Å². The summed E-state index contributed by atoms with van der Waals surface area (Å²) in [5, 5.41) is 2.66. The van der Waals surface area contributed by atoms with Gasteiger partial charge in [-0.3, -0.25) is 9.59 Å². The van der Waals surface area contributed by atoms with E-state index in [-0.39, 0.29) is 24.6 Å². The molecular formula is C21H22FN3O3. The summed E-state index contributed by atoms with van der Waals surface area (Å²) in [5.41, 5.74) is 2.22. The number of rotatable bonds is 6. The quantitative estimate of drug-likeness (QED) is 0.780. The van der Waals surface area contributed by atoms with Crippen LogP contribution in [-0.4, -0.2) is 35.3 Å². The van der Waals surface area contributed by atoms with Crippen molar-refractivity contribution in [2.24, 2.45) is 0 Å². The zero-order chi connectivity index (χ0) is 20.3. The molecule has 2 aromatic rings. The molecule has 0 saturated carbocycles. The van der Waals surface area contributed by atoms with Gasteiger partial charge in [0.1, 0.15) is 11.9 Å². The third kappa shape index (κ3) is 4.03. The van der Waals surface area contributed by atoms with Gasteiger partial charge in [0.05, 0.1) is 12.1 Å². The lowest BCUT2D eigenvalue weighted by atomic mass is 10.1. The number of carbonyl (C=O) groups is 3. The number of carbonyl (C=O) groups excluding carboxylic acids is 3. The molecule has 2 aromatic carbocycles. The average Bonchev–Trinajstić information content (AvgIpc) is 2.89. The molecule has 0 unspecified atom stereocenters. The standard InChI is InChI=1S/C21H22FN3O3/c1-3-23-19(26)12-18-20(27)25(17-10-8-16(22)9-11-17)21(28)24(18)13-15-6-4-14(2)5-7-15/h4-11,18H,3,12-13H2,1-2H3,(H,23,26)/t18-/m0/s1. The number of hydrogen-bond donors (Lipinski definition) is 1. The third-order valence-electron chi connectivity index (χ3n) is 4.63. The molecule has 0 aliphatic carbocycles. The van der Waals surface area contributed by atoms with Gasteiger partial charge in [-0.1, -0.05) is 29.8 Å². The lowest BCUT2D eigenvalue weighted by Gasteiger charge is -2.21. The average molecular weight is 383 g/mol. The molecule has 1 atom stereocenters. The first-order chi connectivity index (χ1) is 13.4. The number of nitrogens with zero attached hydrogens (tertiary/aromatic N) is 2. The Hall–Kier alpha value is -3.22. The second kappa shape index (κ2) is 8.21. The van der Waals surface area contributed by atoms with Crippen molar-refractivity contribution >= 4 is 23.5 Å². The van der Waals surface area contributed by atoms with Gasteiger partial charge in [0, 0.05) is 13.1 Å². The van der Waals surface area contributed by atoms with Crippen molar-refractivity contribution < 1.29 is 18.8 Å². The zero-order valence-electron chi connectivity index (χ0n) is 15.8. The largest absolute Gasteiger partial charge is 0.356 e. The Balaban J connectivity index is 1.91. The Morgan fingerprint density at radius 1 is 1.07 bits per heavy atom. The normalized spacial score (nSPS) is 16.6. The molecule has 28 heavy (non-hydrogen) atoms. The van der Waals surface area contributed by atoms with Crippen LogP contribution in [-0.2, 0) is 16.1 Å². The van der Waals surface area contributed by atoms with Gasteiger partial charge in [-0.05, 0) is 43.7 Å². The van der Waals surface area contributed by atoms with Crippen LogP contribution in [0.1, 0.15) is 24.5 Å². The SMILES string of the molecule is CCNC(=O)C[C@H]1C(=O)N(c2ccc(F)cc2)C(=O)N1Cc1ccc(C)cc1. The van der Waals surface area contributed by atoms with Crippen LogP contribution in [0, 0.1) is 12.7 Å². The van der Waals surface area contributed by atoms with E-state index in [9.17, 15) is 18.8 Å². The molecule has 0 radical (unpaired) electrons. The van der Waals surface area contributed by atoms with Crippen LogP contribution in [0.15, 0.2) is 48.5 Å². The lowest BCUT2D eigenvalue weighted by Crippen LogP contribution is -2.39. The molecule has 1 aliphatic rings. The van der Waals surface area contributed by atoms with Crippen LogP contribution in [0.5, 0.6) is 0 Å². The Morgan fingerprint density at radius 2 is 1.71 bits per heavy atom. The molecule has 6 nitrogen and oxygen atoms in total. The van der Waals surface area contributed by atoms with Gasteiger partial charge in [0.25, 0.3) is 5.91 Å². The molecule has 1 saturated heterocycles. The molecule has 146 valence electrons. The van der Waals surface area contributed by atoms with Gasteiger partial charge < -0.3 is 10.2 Å². The summed E-state index contributed by atoms with van der Waals surface area (Å²) in [6, 6.07) is 11.3. The van der Waals surface area contributed by atoms with Crippen LogP contribution in [0.3, 0.4) is 0 Å². The van der Waals surface area contributed by atoms with Gasteiger partial charge >= 0.3 is 6.03 Å². The highest BCUT2D eigenvalue weighted by Gasteiger charge is 2.46. The second-order valence-corrected chi connectivity index (χ2v) is 6.72. The molecule has 3 rings (SSSR count). The molecule has 1 heterocycles. The lowest BCUT2D eigenvalue weighted by molar-refractivity contribution is -0.127. The maximum atomic E-state index is 13.2. The molecular weight excluding hydrogens is 361 g/mol. The maximum absolute atomic E-state index is 13.2. The van der Waals surface area contributed by atoms with Gasteiger partial charge in [0.2, 0.25) is 5.91 Å². The Bertz CT molecular complexity index is 881. The Labute approximate surface area is 162 Å². The Morgan fingerprint density at radius 3 is 2.32 bits per heavy atom. The number of amides is 4. The summed E-state index contributed by atoms with van der Waals surface area (Å²) >= 11 is 0. The van der Waals surface area contributed by atoms with Crippen LogP contribution >= 0.6 is 0 Å². The number of hydrogen-bond acceptors (Lipinski definition) is 3. The molecule has 0 aromatic heterocycles. The summed E-state index contributed by atoms with van der Waals surface area (Å²) in [6.45, 7) is 4.39. The van der Waals surface area contributed by atoms with E-state index in [1.807, 2.05) is 31.2 Å². The minimum Gasteiger partial charge on any atom is -0.356 e. The van der Waals surface area contributed by atoms with Crippen molar-refractivity contribution in [2.75, 3.05) is 11.4 Å². The van der Waals surface area contributed by atoms with Crippen molar-refractivity contribution in [3.8, 4) is 0 Å². The predicted octanol–water partition coefficient (Wildman–Crippen LogP) is 3.00. The zero-order valence-corrected chi connectivity index (χ0v) is 15.8.